The van der Waals surface area contributed by atoms with Crippen molar-refractivity contribution in [3.63, 3.8) is 0 Å². The van der Waals surface area contributed by atoms with Crippen LogP contribution in [-0.4, -0.2) is 44.7 Å². The highest BCUT2D eigenvalue weighted by Gasteiger charge is 2.35. The third-order valence-corrected chi connectivity index (χ3v) is 4.55. The highest BCUT2D eigenvalue weighted by atomic mass is 16.4. The van der Waals surface area contributed by atoms with E-state index in [9.17, 15) is 20.1 Å². The van der Waals surface area contributed by atoms with Crippen molar-refractivity contribution in [3.8, 4) is 0 Å². The summed E-state index contributed by atoms with van der Waals surface area (Å²) < 4.78 is 0. The molecule has 0 aromatic heterocycles. The standard InChI is InChI=1S/C20H32O5/c1-2-3-6-9-15(21)12-13-17-16(18(22)14-19(17)23)10-7-4-5-8-11-20(24)25/h4,7,12,15-16,18-19,21-23H,2-3,5-6,8-11,14H2,1H3,(H,24,25)/t13?,15-,16+,18-,19+/m0/s1. The minimum absolute atomic E-state index is 0.152. The van der Waals surface area contributed by atoms with Gasteiger partial charge in [-0.1, -0.05) is 38.3 Å². The average molecular weight is 352 g/mol. The third-order valence-electron chi connectivity index (χ3n) is 4.55. The molecule has 0 aromatic carbocycles. The Hall–Kier alpha value is -1.39. The van der Waals surface area contributed by atoms with Gasteiger partial charge in [0.15, 0.2) is 0 Å². The van der Waals surface area contributed by atoms with Crippen molar-refractivity contribution in [1.82, 2.24) is 0 Å². The van der Waals surface area contributed by atoms with Crippen LogP contribution in [0.1, 0.15) is 64.7 Å². The topological polar surface area (TPSA) is 98.0 Å². The summed E-state index contributed by atoms with van der Waals surface area (Å²) in [6.07, 6.45) is 9.64. The molecule has 25 heavy (non-hydrogen) atoms. The molecule has 0 amide bonds. The second kappa shape index (κ2) is 12.0. The van der Waals surface area contributed by atoms with E-state index < -0.39 is 24.3 Å². The maximum Gasteiger partial charge on any atom is 0.303 e. The molecule has 0 aliphatic heterocycles. The van der Waals surface area contributed by atoms with E-state index in [-0.39, 0.29) is 12.3 Å². The Balaban J connectivity index is 2.58. The summed E-state index contributed by atoms with van der Waals surface area (Å²) in [5.41, 5.74) is 3.68. The van der Waals surface area contributed by atoms with Crippen molar-refractivity contribution in [2.75, 3.05) is 0 Å². The predicted molar refractivity (Wildman–Crippen MR) is 97.1 cm³/mol. The average Bonchev–Trinajstić information content (AvgIpc) is 2.82. The molecule has 5 nitrogen and oxygen atoms in total. The van der Waals surface area contributed by atoms with Crippen molar-refractivity contribution in [1.29, 1.82) is 0 Å². The highest BCUT2D eigenvalue weighted by molar-refractivity contribution is 5.66. The number of aliphatic hydroxyl groups excluding tert-OH is 3. The van der Waals surface area contributed by atoms with Gasteiger partial charge in [-0.25, -0.2) is 0 Å². The van der Waals surface area contributed by atoms with Crippen molar-refractivity contribution >= 4 is 5.97 Å². The zero-order valence-corrected chi connectivity index (χ0v) is 15.1. The van der Waals surface area contributed by atoms with E-state index in [4.69, 9.17) is 5.11 Å². The van der Waals surface area contributed by atoms with Gasteiger partial charge in [0.1, 0.15) is 0 Å². The quantitative estimate of drug-likeness (QED) is 0.260. The first-order chi connectivity index (χ1) is 12.0. The molecule has 0 spiro atoms. The molecule has 1 fully saturated rings. The number of aliphatic hydroxyl groups is 3. The van der Waals surface area contributed by atoms with E-state index in [1.807, 2.05) is 12.2 Å². The molecule has 1 rings (SSSR count). The van der Waals surface area contributed by atoms with E-state index in [1.165, 1.54) is 0 Å². The monoisotopic (exact) mass is 352 g/mol. The van der Waals surface area contributed by atoms with Gasteiger partial charge in [0.2, 0.25) is 0 Å². The molecule has 0 saturated heterocycles. The molecule has 0 aromatic rings. The summed E-state index contributed by atoms with van der Waals surface area (Å²) in [6.45, 7) is 2.11. The minimum atomic E-state index is -0.796. The number of carbonyl (C=O) groups is 1. The highest BCUT2D eigenvalue weighted by Crippen LogP contribution is 2.34. The van der Waals surface area contributed by atoms with Crippen molar-refractivity contribution in [2.45, 2.75) is 83.0 Å². The lowest BCUT2D eigenvalue weighted by Gasteiger charge is -2.13. The smallest absolute Gasteiger partial charge is 0.303 e. The summed E-state index contributed by atoms with van der Waals surface area (Å²) in [5.74, 6) is -1.000. The van der Waals surface area contributed by atoms with Crippen molar-refractivity contribution in [2.24, 2.45) is 5.92 Å². The number of unbranched alkanes of at least 4 members (excludes halogenated alkanes) is 3. The van der Waals surface area contributed by atoms with Crippen LogP contribution in [0.25, 0.3) is 0 Å². The first-order valence-corrected chi connectivity index (χ1v) is 9.33. The molecule has 5 heteroatoms. The second-order valence-electron chi connectivity index (χ2n) is 6.75. The van der Waals surface area contributed by atoms with Crippen LogP contribution in [0.4, 0.5) is 0 Å². The van der Waals surface area contributed by atoms with Gasteiger partial charge in [-0.15, -0.1) is 5.73 Å². The Morgan fingerprint density at radius 1 is 1.28 bits per heavy atom. The molecular weight excluding hydrogens is 320 g/mol. The van der Waals surface area contributed by atoms with Crippen LogP contribution in [0, 0.1) is 5.92 Å². The first kappa shape index (κ1) is 21.7. The lowest BCUT2D eigenvalue weighted by atomic mass is 9.96. The third kappa shape index (κ3) is 8.50. The Kier molecular flexibility index (Phi) is 10.4. The number of carboxylic acids is 1. The molecule has 1 aliphatic rings. The van der Waals surface area contributed by atoms with Gasteiger partial charge in [-0.2, -0.15) is 0 Å². The van der Waals surface area contributed by atoms with Crippen molar-refractivity contribution in [3.05, 3.63) is 29.5 Å². The Bertz CT molecular complexity index is 490. The van der Waals surface area contributed by atoms with Crippen LogP contribution in [0.3, 0.4) is 0 Å². The molecule has 0 radical (unpaired) electrons. The van der Waals surface area contributed by atoms with Gasteiger partial charge < -0.3 is 20.4 Å². The summed E-state index contributed by atoms with van der Waals surface area (Å²) in [7, 11) is 0. The number of hydrogen-bond donors (Lipinski definition) is 4. The maximum atomic E-state index is 10.5. The largest absolute Gasteiger partial charge is 0.481 e. The molecule has 1 aliphatic carbocycles. The molecule has 142 valence electrons. The van der Waals surface area contributed by atoms with Gasteiger partial charge in [0.25, 0.3) is 0 Å². The van der Waals surface area contributed by atoms with Gasteiger partial charge in [-0.3, -0.25) is 4.79 Å². The van der Waals surface area contributed by atoms with Crippen LogP contribution < -0.4 is 0 Å². The summed E-state index contributed by atoms with van der Waals surface area (Å²) in [4.78, 5) is 10.5. The van der Waals surface area contributed by atoms with Gasteiger partial charge in [0.05, 0.1) is 18.3 Å². The number of aliphatic carboxylic acids is 1. The predicted octanol–water partition coefficient (Wildman–Crippen LogP) is 2.95. The van der Waals surface area contributed by atoms with Gasteiger partial charge in [0, 0.05) is 24.3 Å². The lowest BCUT2D eigenvalue weighted by Crippen LogP contribution is -2.13. The van der Waals surface area contributed by atoms with Crippen molar-refractivity contribution < 1.29 is 25.2 Å². The van der Waals surface area contributed by atoms with Gasteiger partial charge in [-0.05, 0) is 31.8 Å². The van der Waals surface area contributed by atoms with E-state index in [0.717, 1.165) is 19.3 Å². The zero-order chi connectivity index (χ0) is 18.7. The number of hydrogen-bond acceptors (Lipinski definition) is 4. The molecule has 4 atom stereocenters. The molecule has 1 saturated carbocycles. The first-order valence-electron chi connectivity index (χ1n) is 9.33. The SMILES string of the molecule is CCCCC[C@H](O)C=C=C1[C@H](O)C[C@H](O)[C@@H]1CC=CCCCC(=O)O. The van der Waals surface area contributed by atoms with E-state index in [0.29, 0.717) is 37.7 Å². The molecule has 0 bridgehead atoms. The molecule has 4 N–H and O–H groups in total. The number of rotatable bonds is 11. The molecular formula is C20H32O5. The molecule has 0 unspecified atom stereocenters. The normalized spacial score (nSPS) is 24.5. The summed E-state index contributed by atoms with van der Waals surface area (Å²) in [6, 6.07) is 0. The van der Waals surface area contributed by atoms with Crippen LogP contribution >= 0.6 is 0 Å². The van der Waals surface area contributed by atoms with E-state index in [2.05, 4.69) is 12.7 Å². The zero-order valence-electron chi connectivity index (χ0n) is 15.1. The van der Waals surface area contributed by atoms with Crippen LogP contribution in [0.5, 0.6) is 0 Å². The molecule has 0 heterocycles. The maximum absolute atomic E-state index is 10.5. The van der Waals surface area contributed by atoms with Crippen LogP contribution in [0.15, 0.2) is 29.5 Å². The Morgan fingerprint density at radius 3 is 2.72 bits per heavy atom. The fourth-order valence-corrected chi connectivity index (χ4v) is 3.07. The summed E-state index contributed by atoms with van der Waals surface area (Å²) in [5, 5.41) is 38.8. The Morgan fingerprint density at radius 2 is 2.04 bits per heavy atom. The van der Waals surface area contributed by atoms with E-state index in [1.54, 1.807) is 6.08 Å². The fraction of sp³-hybridized carbons (Fsp3) is 0.700. The minimum Gasteiger partial charge on any atom is -0.481 e. The van der Waals surface area contributed by atoms with Crippen LogP contribution in [-0.2, 0) is 4.79 Å². The number of allylic oxidation sites excluding steroid dienone is 2. The van der Waals surface area contributed by atoms with Gasteiger partial charge >= 0.3 is 5.97 Å². The summed E-state index contributed by atoms with van der Waals surface area (Å²) >= 11 is 0. The van der Waals surface area contributed by atoms with E-state index >= 15 is 0 Å². The fourth-order valence-electron chi connectivity index (χ4n) is 3.07. The Labute approximate surface area is 150 Å². The second-order valence-corrected chi connectivity index (χ2v) is 6.75. The lowest BCUT2D eigenvalue weighted by molar-refractivity contribution is -0.137. The number of carboxylic acid groups (broad SMARTS) is 1. The van der Waals surface area contributed by atoms with Crippen LogP contribution in [0.2, 0.25) is 0 Å².